The summed E-state index contributed by atoms with van der Waals surface area (Å²) < 4.78 is 14.2. The smallest absolute Gasteiger partial charge is 0.327 e. The summed E-state index contributed by atoms with van der Waals surface area (Å²) >= 11 is 0. The highest BCUT2D eigenvalue weighted by Crippen LogP contribution is 2.26. The third-order valence-corrected chi connectivity index (χ3v) is 3.54. The van der Waals surface area contributed by atoms with E-state index in [0.29, 0.717) is 11.3 Å². The lowest BCUT2D eigenvalue weighted by Gasteiger charge is -2.23. The van der Waals surface area contributed by atoms with E-state index in [9.17, 15) is 19.1 Å². The molecule has 0 aliphatic heterocycles. The largest absolute Gasteiger partial charge is 0.480 e. The molecule has 1 N–H and O–H groups in total. The van der Waals surface area contributed by atoms with Gasteiger partial charge in [0, 0.05) is 0 Å². The van der Waals surface area contributed by atoms with Crippen molar-refractivity contribution >= 4 is 5.97 Å². The van der Waals surface area contributed by atoms with Crippen LogP contribution in [-0.2, 0) is 4.79 Å². The number of hydrogen-bond acceptors (Lipinski definition) is 3. The van der Waals surface area contributed by atoms with E-state index in [2.05, 4.69) is 0 Å². The van der Waals surface area contributed by atoms with Crippen LogP contribution in [-0.4, -0.2) is 15.6 Å². The number of rotatable bonds is 4. The van der Waals surface area contributed by atoms with Crippen LogP contribution in [0.4, 0.5) is 4.39 Å². The number of carbonyl (C=O) groups is 1. The molecule has 0 radical (unpaired) electrons. The number of hydrogen-bond donors (Lipinski definition) is 1. The van der Waals surface area contributed by atoms with Gasteiger partial charge < -0.3 is 5.11 Å². The Balaban J connectivity index is 2.80. The van der Waals surface area contributed by atoms with Gasteiger partial charge in [-0.15, -0.1) is 0 Å². The zero-order chi connectivity index (χ0) is 17.1. The molecule has 1 atom stereocenters. The Labute approximate surface area is 132 Å². The van der Waals surface area contributed by atoms with E-state index in [1.165, 1.54) is 36.4 Å². The molecular weight excluding hydrogens is 299 g/mol. The van der Waals surface area contributed by atoms with Crippen molar-refractivity contribution in [2.24, 2.45) is 5.92 Å². The lowest BCUT2D eigenvalue weighted by atomic mass is 10.0. The molecule has 0 aliphatic rings. The summed E-state index contributed by atoms with van der Waals surface area (Å²) in [6.07, 6.45) is 0. The summed E-state index contributed by atoms with van der Waals surface area (Å²) in [6.45, 7) is 3.36. The van der Waals surface area contributed by atoms with E-state index in [1.807, 2.05) is 0 Å². The first kappa shape index (κ1) is 16.4. The predicted octanol–water partition coefficient (Wildman–Crippen LogP) is 2.81. The third kappa shape index (κ3) is 3.14. The van der Waals surface area contributed by atoms with Crippen molar-refractivity contribution in [1.29, 1.82) is 5.26 Å². The fraction of sp³-hybridized carbons (Fsp3) is 0.235. The van der Waals surface area contributed by atoms with Crippen LogP contribution in [0.2, 0.25) is 0 Å². The number of nitriles is 1. The minimum absolute atomic E-state index is 0.136. The van der Waals surface area contributed by atoms with Gasteiger partial charge in [-0.2, -0.15) is 5.26 Å². The van der Waals surface area contributed by atoms with Crippen LogP contribution in [0, 0.1) is 23.1 Å². The molecule has 1 unspecified atom stereocenters. The Morgan fingerprint density at radius 3 is 2.30 bits per heavy atom. The van der Waals surface area contributed by atoms with E-state index >= 15 is 0 Å². The molecule has 5 nitrogen and oxygen atoms in total. The van der Waals surface area contributed by atoms with Gasteiger partial charge >= 0.3 is 5.97 Å². The van der Waals surface area contributed by atoms with Gasteiger partial charge in [0.25, 0.3) is 5.56 Å². The average Bonchev–Trinajstić information content (AvgIpc) is 2.49. The zero-order valence-electron chi connectivity index (χ0n) is 12.7. The Morgan fingerprint density at radius 1 is 1.22 bits per heavy atom. The number of aliphatic carboxylic acids is 1. The van der Waals surface area contributed by atoms with Crippen LogP contribution in [0.1, 0.15) is 25.5 Å². The number of carboxylic acid groups (broad SMARTS) is 1. The van der Waals surface area contributed by atoms with Crippen molar-refractivity contribution in [2.45, 2.75) is 19.9 Å². The molecule has 0 amide bonds. The standard InChI is InChI=1S/C17H15FN2O3/c1-10(2)15(17(22)23)20-14(8-5-12(9-19)16(20)21)11-3-6-13(18)7-4-11/h3-8,10,15H,1-2H3,(H,22,23). The molecular formula is C17H15FN2O3. The van der Waals surface area contributed by atoms with Crippen LogP contribution >= 0.6 is 0 Å². The Bertz CT molecular complexity index is 832. The fourth-order valence-corrected chi connectivity index (χ4v) is 2.46. The highest BCUT2D eigenvalue weighted by atomic mass is 19.1. The van der Waals surface area contributed by atoms with Crippen LogP contribution in [0.25, 0.3) is 11.3 Å². The van der Waals surface area contributed by atoms with Gasteiger partial charge in [0.2, 0.25) is 0 Å². The Morgan fingerprint density at radius 2 is 1.83 bits per heavy atom. The molecule has 1 aromatic heterocycles. The van der Waals surface area contributed by atoms with E-state index < -0.39 is 23.4 Å². The maximum Gasteiger partial charge on any atom is 0.327 e. The normalized spacial score (nSPS) is 12.0. The first-order chi connectivity index (χ1) is 10.9. The van der Waals surface area contributed by atoms with Crippen molar-refractivity contribution in [1.82, 2.24) is 4.57 Å². The number of aromatic nitrogens is 1. The van der Waals surface area contributed by atoms with Crippen molar-refractivity contribution in [3.63, 3.8) is 0 Å². The van der Waals surface area contributed by atoms with Crippen LogP contribution < -0.4 is 5.56 Å². The summed E-state index contributed by atoms with van der Waals surface area (Å²) in [5, 5.41) is 18.5. The molecule has 1 heterocycles. The molecule has 6 heteroatoms. The molecule has 1 aromatic carbocycles. The second-order valence-electron chi connectivity index (χ2n) is 5.45. The third-order valence-electron chi connectivity index (χ3n) is 3.54. The summed E-state index contributed by atoms with van der Waals surface area (Å²) in [5.74, 6) is -1.98. The maximum absolute atomic E-state index is 13.1. The summed E-state index contributed by atoms with van der Waals surface area (Å²) in [4.78, 5) is 24.1. The van der Waals surface area contributed by atoms with Crippen molar-refractivity contribution in [2.75, 3.05) is 0 Å². The first-order valence-electron chi connectivity index (χ1n) is 7.01. The Hall–Kier alpha value is -2.94. The number of benzene rings is 1. The molecule has 0 saturated carbocycles. The lowest BCUT2D eigenvalue weighted by Crippen LogP contribution is -2.35. The molecule has 0 saturated heterocycles. The summed E-state index contributed by atoms with van der Waals surface area (Å²) in [5.41, 5.74) is 0.0215. The predicted molar refractivity (Wildman–Crippen MR) is 82.3 cm³/mol. The van der Waals surface area contributed by atoms with Gasteiger partial charge in [-0.25, -0.2) is 9.18 Å². The highest BCUT2D eigenvalue weighted by Gasteiger charge is 2.28. The zero-order valence-corrected chi connectivity index (χ0v) is 12.7. The number of carboxylic acids is 1. The monoisotopic (exact) mass is 314 g/mol. The van der Waals surface area contributed by atoms with Gasteiger partial charge in [-0.05, 0) is 47.9 Å². The van der Waals surface area contributed by atoms with E-state index in [0.717, 1.165) is 4.57 Å². The Kier molecular flexibility index (Phi) is 4.60. The molecule has 0 aliphatic carbocycles. The van der Waals surface area contributed by atoms with Crippen molar-refractivity contribution < 1.29 is 14.3 Å². The number of pyridine rings is 1. The number of nitrogens with zero attached hydrogens (tertiary/aromatic N) is 2. The van der Waals surface area contributed by atoms with Crippen molar-refractivity contribution in [3.8, 4) is 17.3 Å². The van der Waals surface area contributed by atoms with E-state index in [-0.39, 0.29) is 11.5 Å². The topological polar surface area (TPSA) is 83.1 Å². The van der Waals surface area contributed by atoms with E-state index in [1.54, 1.807) is 19.9 Å². The van der Waals surface area contributed by atoms with Gasteiger partial charge in [-0.1, -0.05) is 13.8 Å². The van der Waals surface area contributed by atoms with E-state index in [4.69, 9.17) is 5.26 Å². The quantitative estimate of drug-likeness (QED) is 0.940. The minimum atomic E-state index is -1.17. The average molecular weight is 314 g/mol. The fourth-order valence-electron chi connectivity index (χ4n) is 2.46. The SMILES string of the molecule is CC(C)C(C(=O)O)n1c(-c2ccc(F)cc2)ccc(C#N)c1=O. The van der Waals surface area contributed by atoms with Gasteiger partial charge in [0.15, 0.2) is 0 Å². The van der Waals surface area contributed by atoms with Gasteiger partial charge in [0.1, 0.15) is 23.5 Å². The highest BCUT2D eigenvalue weighted by molar-refractivity contribution is 5.74. The van der Waals surface area contributed by atoms with Crippen molar-refractivity contribution in [3.05, 3.63) is 58.1 Å². The molecule has 2 rings (SSSR count). The molecule has 23 heavy (non-hydrogen) atoms. The first-order valence-corrected chi connectivity index (χ1v) is 7.01. The van der Waals surface area contributed by atoms with Crippen LogP contribution in [0.5, 0.6) is 0 Å². The maximum atomic E-state index is 13.1. The van der Waals surface area contributed by atoms with Crippen LogP contribution in [0.3, 0.4) is 0 Å². The summed E-state index contributed by atoms with van der Waals surface area (Å²) in [7, 11) is 0. The molecule has 0 bridgehead atoms. The molecule has 118 valence electrons. The second kappa shape index (κ2) is 6.44. The van der Waals surface area contributed by atoms with Crippen LogP contribution in [0.15, 0.2) is 41.2 Å². The minimum Gasteiger partial charge on any atom is -0.480 e. The van der Waals surface area contributed by atoms with Gasteiger partial charge in [-0.3, -0.25) is 9.36 Å². The van der Waals surface area contributed by atoms with Gasteiger partial charge in [0.05, 0.1) is 5.69 Å². The molecule has 0 spiro atoms. The summed E-state index contributed by atoms with van der Waals surface area (Å²) in [6, 6.07) is 8.88. The second-order valence-corrected chi connectivity index (χ2v) is 5.45. The molecule has 0 fully saturated rings. The number of halogens is 1. The lowest BCUT2D eigenvalue weighted by molar-refractivity contribution is -0.142. The molecule has 2 aromatic rings.